The number of nitrogens with one attached hydrogen (secondary N) is 2. The number of thioether (sulfide) groups is 1. The molecule has 1 aromatic heterocycles. The Kier molecular flexibility index (Phi) is 8.44. The number of rotatable bonds is 7. The predicted octanol–water partition coefficient (Wildman–Crippen LogP) is 5.38. The van der Waals surface area contributed by atoms with Crippen molar-refractivity contribution in [2.75, 3.05) is 11.1 Å². The fraction of sp³-hybridized carbons (Fsp3) is 0.320. The Balaban J connectivity index is 1.38. The summed E-state index contributed by atoms with van der Waals surface area (Å²) in [4.78, 5) is 24.6. The Hall–Kier alpha value is -3.27. The molecule has 1 heterocycles. The molecule has 0 unspecified atom stereocenters. The number of amides is 2. The monoisotopic (exact) mass is 596 g/mol. The van der Waals surface area contributed by atoms with Crippen molar-refractivity contribution in [1.82, 2.24) is 25.5 Å². The topological polar surface area (TPSA) is 102 Å². The Morgan fingerprint density at radius 1 is 1.13 bits per heavy atom. The number of hydrogen-bond acceptors (Lipinski definition) is 6. The number of halogens is 5. The van der Waals surface area contributed by atoms with Crippen LogP contribution in [0.2, 0.25) is 10.0 Å². The quantitative estimate of drug-likeness (QED) is 0.281. The van der Waals surface area contributed by atoms with Gasteiger partial charge in [-0.2, -0.15) is 17.9 Å². The zero-order chi connectivity index (χ0) is 28.4. The molecule has 0 spiro atoms. The van der Waals surface area contributed by atoms with Crippen LogP contribution in [0.4, 0.5) is 18.9 Å². The molecule has 3 aromatic rings. The summed E-state index contributed by atoms with van der Waals surface area (Å²) in [7, 11) is 0. The second kappa shape index (κ2) is 11.5. The van der Waals surface area contributed by atoms with Crippen molar-refractivity contribution >= 4 is 52.5 Å². The zero-order valence-electron chi connectivity index (χ0n) is 20.6. The highest BCUT2D eigenvalue weighted by Crippen LogP contribution is 2.34. The Morgan fingerprint density at radius 2 is 1.87 bits per heavy atom. The molecule has 8 nitrogen and oxygen atoms in total. The lowest BCUT2D eigenvalue weighted by Crippen LogP contribution is -2.43. The van der Waals surface area contributed by atoms with Crippen molar-refractivity contribution in [2.24, 2.45) is 5.92 Å². The van der Waals surface area contributed by atoms with Crippen molar-refractivity contribution in [3.8, 4) is 17.5 Å². The maximum absolute atomic E-state index is 13.1. The maximum Gasteiger partial charge on any atom is 0.416 e. The Morgan fingerprint density at radius 3 is 2.54 bits per heavy atom. The third kappa shape index (κ3) is 7.65. The van der Waals surface area contributed by atoms with Gasteiger partial charge >= 0.3 is 6.18 Å². The molecule has 0 aliphatic heterocycles. The zero-order valence-corrected chi connectivity index (χ0v) is 22.9. The molecule has 1 aliphatic rings. The van der Waals surface area contributed by atoms with Crippen LogP contribution >= 0.6 is 35.0 Å². The lowest BCUT2D eigenvalue weighted by Gasteiger charge is -2.19. The van der Waals surface area contributed by atoms with Crippen molar-refractivity contribution in [3.63, 3.8) is 0 Å². The van der Waals surface area contributed by atoms with Crippen molar-refractivity contribution in [1.29, 1.82) is 0 Å². The molecule has 0 atom stereocenters. The van der Waals surface area contributed by atoms with Crippen LogP contribution in [-0.2, 0) is 15.8 Å². The van der Waals surface area contributed by atoms with E-state index in [2.05, 4.69) is 38.0 Å². The van der Waals surface area contributed by atoms with Gasteiger partial charge in [0.2, 0.25) is 17.0 Å². The van der Waals surface area contributed by atoms with E-state index < -0.39 is 23.2 Å². The molecule has 39 heavy (non-hydrogen) atoms. The summed E-state index contributed by atoms with van der Waals surface area (Å²) in [6.45, 7) is 3.62. The molecule has 2 amide bonds. The van der Waals surface area contributed by atoms with Gasteiger partial charge in [-0.3, -0.25) is 9.59 Å². The molecule has 14 heteroatoms. The fourth-order valence-corrected chi connectivity index (χ4v) is 4.41. The number of alkyl halides is 3. The summed E-state index contributed by atoms with van der Waals surface area (Å²) in [5.41, 5.74) is -0.771. The second-order valence-corrected chi connectivity index (χ2v) is 11.0. The molecule has 0 radical (unpaired) electrons. The van der Waals surface area contributed by atoms with E-state index in [-0.39, 0.29) is 38.5 Å². The lowest BCUT2D eigenvalue weighted by atomic mass is 10.0. The molecule has 0 saturated heterocycles. The molecule has 204 valence electrons. The fourth-order valence-electron chi connectivity index (χ4n) is 3.30. The number of carbonyl (C=O) groups is 2. The van der Waals surface area contributed by atoms with E-state index in [4.69, 9.17) is 23.2 Å². The van der Waals surface area contributed by atoms with Crippen LogP contribution in [0.5, 0.6) is 0 Å². The summed E-state index contributed by atoms with van der Waals surface area (Å²) in [6, 6.07) is 7.64. The smallest absolute Gasteiger partial charge is 0.340 e. The third-order valence-corrected chi connectivity index (χ3v) is 6.97. The predicted molar refractivity (Wildman–Crippen MR) is 142 cm³/mol. The summed E-state index contributed by atoms with van der Waals surface area (Å²) in [5.74, 6) is 5.46. The van der Waals surface area contributed by atoms with Crippen molar-refractivity contribution in [2.45, 2.75) is 43.6 Å². The van der Waals surface area contributed by atoms with Gasteiger partial charge in [-0.15, -0.1) is 5.10 Å². The minimum Gasteiger partial charge on any atom is -0.340 e. The first-order valence-corrected chi connectivity index (χ1v) is 13.3. The largest absolute Gasteiger partial charge is 0.416 e. The SMILES string of the molecule is CC(C)(C#Cc1ccc(NC(=O)CSc2nnnn2-c2cc(C(F)(F)F)ccc2Cl)c(Cl)c1)NC(=O)C1CC1. The van der Waals surface area contributed by atoms with E-state index in [0.29, 0.717) is 11.3 Å². The molecule has 1 aliphatic carbocycles. The third-order valence-electron chi connectivity index (χ3n) is 5.42. The second-order valence-electron chi connectivity index (χ2n) is 9.21. The van der Waals surface area contributed by atoms with Crippen LogP contribution < -0.4 is 10.6 Å². The average molecular weight is 597 g/mol. The molecular formula is C25H21Cl2F3N6O2S. The summed E-state index contributed by atoms with van der Waals surface area (Å²) >= 11 is 13.3. The first-order chi connectivity index (χ1) is 18.3. The highest BCUT2D eigenvalue weighted by atomic mass is 35.5. The molecular weight excluding hydrogens is 576 g/mol. The number of aromatic nitrogens is 4. The highest BCUT2D eigenvalue weighted by Gasteiger charge is 2.33. The molecule has 1 fully saturated rings. The van der Waals surface area contributed by atoms with Crippen LogP contribution in [0, 0.1) is 17.8 Å². The van der Waals surface area contributed by atoms with Crippen LogP contribution in [0.1, 0.15) is 37.8 Å². The first kappa shape index (κ1) is 28.7. The van der Waals surface area contributed by atoms with Gasteiger partial charge in [0.25, 0.3) is 0 Å². The van der Waals surface area contributed by atoms with Crippen LogP contribution in [-0.4, -0.2) is 43.3 Å². The summed E-state index contributed by atoms with van der Waals surface area (Å²) in [6.07, 6.45) is -2.78. The number of tetrazole rings is 1. The minimum atomic E-state index is -4.58. The van der Waals surface area contributed by atoms with E-state index in [9.17, 15) is 22.8 Å². The molecule has 2 aromatic carbocycles. The van der Waals surface area contributed by atoms with E-state index >= 15 is 0 Å². The van der Waals surface area contributed by atoms with Gasteiger partial charge in [0, 0.05) is 11.5 Å². The van der Waals surface area contributed by atoms with Crippen LogP contribution in [0.25, 0.3) is 5.69 Å². The van der Waals surface area contributed by atoms with E-state index in [1.807, 2.05) is 13.8 Å². The molecule has 1 saturated carbocycles. The van der Waals surface area contributed by atoms with Gasteiger partial charge in [0.05, 0.1) is 38.3 Å². The van der Waals surface area contributed by atoms with Crippen molar-refractivity contribution in [3.05, 3.63) is 57.6 Å². The van der Waals surface area contributed by atoms with E-state index in [1.54, 1.807) is 18.2 Å². The molecule has 2 N–H and O–H groups in total. The van der Waals surface area contributed by atoms with Gasteiger partial charge in [0.1, 0.15) is 0 Å². The summed E-state index contributed by atoms with van der Waals surface area (Å²) in [5, 5.41) is 16.9. The van der Waals surface area contributed by atoms with Gasteiger partial charge in [-0.1, -0.05) is 46.8 Å². The van der Waals surface area contributed by atoms with Gasteiger partial charge in [0.15, 0.2) is 0 Å². The molecule has 4 rings (SSSR count). The number of anilines is 1. The number of carbonyl (C=O) groups excluding carboxylic acids is 2. The van der Waals surface area contributed by atoms with Gasteiger partial charge in [-0.05, 0) is 73.5 Å². The van der Waals surface area contributed by atoms with Gasteiger partial charge in [-0.25, -0.2) is 0 Å². The standard InChI is InChI=1S/C25H21Cl2F3N6O2S/c1-24(2,32-22(38)15-4-5-15)10-9-14-3-8-19(18(27)11-14)31-21(37)13-39-23-33-34-35-36(23)20-12-16(25(28,29)30)6-7-17(20)26/h3,6-8,11-12,15H,4-5,13H2,1-2H3,(H,31,37)(H,32,38). The van der Waals surface area contributed by atoms with Gasteiger partial charge < -0.3 is 10.6 Å². The average Bonchev–Trinajstić information content (AvgIpc) is 3.61. The maximum atomic E-state index is 13.1. The minimum absolute atomic E-state index is 0.00443. The van der Waals surface area contributed by atoms with E-state index in [0.717, 1.165) is 47.5 Å². The molecule has 0 bridgehead atoms. The Labute approximate surface area is 236 Å². The number of hydrogen-bond donors (Lipinski definition) is 2. The highest BCUT2D eigenvalue weighted by molar-refractivity contribution is 7.99. The first-order valence-electron chi connectivity index (χ1n) is 11.6. The normalized spacial score (nSPS) is 13.4. The summed E-state index contributed by atoms with van der Waals surface area (Å²) < 4.78 is 40.4. The van der Waals surface area contributed by atoms with E-state index in [1.165, 1.54) is 0 Å². The van der Waals surface area contributed by atoms with Crippen LogP contribution in [0.15, 0.2) is 41.6 Å². The van der Waals surface area contributed by atoms with Crippen molar-refractivity contribution < 1.29 is 22.8 Å². The Bertz CT molecular complexity index is 1480. The van der Waals surface area contributed by atoms with Crippen LogP contribution in [0.3, 0.4) is 0 Å². The lowest BCUT2D eigenvalue weighted by molar-refractivity contribution is -0.137. The number of benzene rings is 2. The number of nitrogens with zero attached hydrogens (tertiary/aromatic N) is 4.